The minimum absolute atomic E-state index is 0.703. The van der Waals surface area contributed by atoms with Crippen LogP contribution in [-0.4, -0.2) is 15.9 Å². The maximum Gasteiger partial charge on any atom is 0.137 e. The Hall–Kier alpha value is -2.13. The van der Waals surface area contributed by atoms with Crippen LogP contribution in [0.25, 0.3) is 16.9 Å². The van der Waals surface area contributed by atoms with Crippen LogP contribution in [0.4, 0.5) is 0 Å². The molecule has 2 heterocycles. The summed E-state index contributed by atoms with van der Waals surface area (Å²) < 4.78 is 2.16. The molecule has 0 bridgehead atoms. The Morgan fingerprint density at radius 3 is 2.58 bits per heavy atom. The summed E-state index contributed by atoms with van der Waals surface area (Å²) in [5, 5.41) is 0. The summed E-state index contributed by atoms with van der Waals surface area (Å²) in [6.45, 7) is 0.703. The zero-order chi connectivity index (χ0) is 13.1. The molecule has 2 aromatic heterocycles. The maximum absolute atomic E-state index is 5.65. The predicted octanol–water partition coefficient (Wildman–Crippen LogP) is 2.89. The van der Waals surface area contributed by atoms with Crippen LogP contribution in [0.1, 0.15) is 12.1 Å². The number of fused-ring (bicyclic) bond motifs is 1. The van der Waals surface area contributed by atoms with E-state index in [4.69, 9.17) is 10.7 Å². The largest absolute Gasteiger partial charge is 0.330 e. The Bertz CT molecular complexity index is 671. The normalized spacial score (nSPS) is 11.0. The molecule has 0 aliphatic rings. The second-order valence-corrected chi connectivity index (χ2v) is 4.59. The first kappa shape index (κ1) is 11.9. The number of rotatable bonds is 4. The fourth-order valence-electron chi connectivity index (χ4n) is 2.38. The van der Waals surface area contributed by atoms with Gasteiger partial charge in [0.2, 0.25) is 0 Å². The summed E-state index contributed by atoms with van der Waals surface area (Å²) in [7, 11) is 0. The van der Waals surface area contributed by atoms with Gasteiger partial charge in [0.1, 0.15) is 5.65 Å². The van der Waals surface area contributed by atoms with Crippen molar-refractivity contribution in [2.24, 2.45) is 5.73 Å². The summed E-state index contributed by atoms with van der Waals surface area (Å²) in [6, 6.07) is 16.4. The van der Waals surface area contributed by atoms with E-state index in [-0.39, 0.29) is 0 Å². The van der Waals surface area contributed by atoms with E-state index in [0.717, 1.165) is 24.2 Å². The lowest BCUT2D eigenvalue weighted by molar-refractivity contribution is 0.804. The predicted molar refractivity (Wildman–Crippen MR) is 78.0 cm³/mol. The molecule has 1 aromatic carbocycles. The van der Waals surface area contributed by atoms with Gasteiger partial charge in [-0.05, 0) is 31.5 Å². The van der Waals surface area contributed by atoms with E-state index < -0.39 is 0 Å². The van der Waals surface area contributed by atoms with E-state index in [2.05, 4.69) is 22.7 Å². The van der Waals surface area contributed by atoms with Crippen molar-refractivity contribution in [2.45, 2.75) is 12.8 Å². The summed E-state index contributed by atoms with van der Waals surface area (Å²) >= 11 is 0. The minimum atomic E-state index is 0.703. The van der Waals surface area contributed by atoms with Crippen molar-refractivity contribution in [3.63, 3.8) is 0 Å². The topological polar surface area (TPSA) is 43.3 Å². The van der Waals surface area contributed by atoms with Crippen molar-refractivity contribution in [1.82, 2.24) is 9.38 Å². The van der Waals surface area contributed by atoms with Crippen molar-refractivity contribution in [3.05, 3.63) is 60.4 Å². The smallest absolute Gasteiger partial charge is 0.137 e. The molecule has 0 fully saturated rings. The highest BCUT2D eigenvalue weighted by atomic mass is 15.0. The van der Waals surface area contributed by atoms with Crippen molar-refractivity contribution < 1.29 is 0 Å². The lowest BCUT2D eigenvalue weighted by Gasteiger charge is -2.04. The molecule has 3 nitrogen and oxygen atoms in total. The van der Waals surface area contributed by atoms with Crippen LogP contribution in [0.2, 0.25) is 0 Å². The van der Waals surface area contributed by atoms with Crippen LogP contribution in [0, 0.1) is 0 Å². The van der Waals surface area contributed by atoms with Gasteiger partial charge in [-0.1, -0.05) is 36.4 Å². The molecule has 0 radical (unpaired) electrons. The molecule has 96 valence electrons. The number of aromatic nitrogens is 2. The van der Waals surface area contributed by atoms with Gasteiger partial charge in [-0.2, -0.15) is 0 Å². The third-order valence-electron chi connectivity index (χ3n) is 3.29. The van der Waals surface area contributed by atoms with Crippen LogP contribution in [0.3, 0.4) is 0 Å². The average molecular weight is 251 g/mol. The molecule has 0 aliphatic heterocycles. The Balaban J connectivity index is 2.17. The van der Waals surface area contributed by atoms with Crippen LogP contribution in [-0.2, 0) is 6.42 Å². The van der Waals surface area contributed by atoms with Gasteiger partial charge in [-0.3, -0.25) is 0 Å². The first-order valence-corrected chi connectivity index (χ1v) is 6.61. The molecule has 0 spiro atoms. The zero-order valence-electron chi connectivity index (χ0n) is 10.8. The van der Waals surface area contributed by atoms with Gasteiger partial charge >= 0.3 is 0 Å². The van der Waals surface area contributed by atoms with Crippen molar-refractivity contribution in [1.29, 1.82) is 0 Å². The van der Waals surface area contributed by atoms with E-state index in [1.807, 2.05) is 36.4 Å². The van der Waals surface area contributed by atoms with Gasteiger partial charge in [-0.15, -0.1) is 0 Å². The molecule has 2 N–H and O–H groups in total. The first-order valence-electron chi connectivity index (χ1n) is 6.61. The van der Waals surface area contributed by atoms with E-state index in [0.29, 0.717) is 6.54 Å². The van der Waals surface area contributed by atoms with Crippen molar-refractivity contribution in [3.8, 4) is 11.3 Å². The monoisotopic (exact) mass is 251 g/mol. The highest BCUT2D eigenvalue weighted by molar-refractivity contribution is 5.66. The molecule has 3 heteroatoms. The lowest BCUT2D eigenvalue weighted by Crippen LogP contribution is -2.03. The molecule has 3 rings (SSSR count). The number of aryl methyl sites for hydroxylation is 1. The van der Waals surface area contributed by atoms with E-state index in [1.165, 1.54) is 11.3 Å². The third kappa shape index (κ3) is 2.25. The number of nitrogens with two attached hydrogens (primary N) is 1. The Kier molecular flexibility index (Phi) is 3.29. The maximum atomic E-state index is 5.65. The second-order valence-electron chi connectivity index (χ2n) is 4.59. The van der Waals surface area contributed by atoms with E-state index in [1.54, 1.807) is 0 Å². The summed E-state index contributed by atoms with van der Waals surface area (Å²) in [6.07, 6.45) is 4.00. The van der Waals surface area contributed by atoms with Gasteiger partial charge in [0, 0.05) is 11.8 Å². The molecule has 0 amide bonds. The molecular weight excluding hydrogens is 234 g/mol. The summed E-state index contributed by atoms with van der Waals surface area (Å²) in [4.78, 5) is 4.76. The van der Waals surface area contributed by atoms with Gasteiger partial charge in [0.15, 0.2) is 0 Å². The summed E-state index contributed by atoms with van der Waals surface area (Å²) in [5.41, 5.74) is 10.1. The van der Waals surface area contributed by atoms with Gasteiger partial charge in [-0.25, -0.2) is 4.98 Å². The average Bonchev–Trinajstić information content (AvgIpc) is 2.85. The quantitative estimate of drug-likeness (QED) is 0.774. The highest BCUT2D eigenvalue weighted by Gasteiger charge is 2.12. The second kappa shape index (κ2) is 5.24. The number of benzene rings is 1. The Morgan fingerprint density at radius 2 is 1.79 bits per heavy atom. The fraction of sp³-hybridized carbons (Fsp3) is 0.188. The highest BCUT2D eigenvalue weighted by Crippen LogP contribution is 2.25. The SMILES string of the molecule is NCCCc1c(-c2ccccc2)nc2ccccn12. The molecule has 0 saturated carbocycles. The molecule has 19 heavy (non-hydrogen) atoms. The number of hydrogen-bond acceptors (Lipinski definition) is 2. The third-order valence-corrected chi connectivity index (χ3v) is 3.29. The summed E-state index contributed by atoms with van der Waals surface area (Å²) in [5.74, 6) is 0. The Morgan fingerprint density at radius 1 is 1.00 bits per heavy atom. The van der Waals surface area contributed by atoms with Crippen LogP contribution in [0.15, 0.2) is 54.7 Å². The molecule has 0 aliphatic carbocycles. The first-order chi connectivity index (χ1) is 9.40. The minimum Gasteiger partial charge on any atom is -0.330 e. The number of pyridine rings is 1. The zero-order valence-corrected chi connectivity index (χ0v) is 10.8. The molecule has 3 aromatic rings. The molecule has 0 saturated heterocycles. The van der Waals surface area contributed by atoms with Gasteiger partial charge in [0.05, 0.1) is 11.4 Å². The molecule has 0 atom stereocenters. The van der Waals surface area contributed by atoms with E-state index in [9.17, 15) is 0 Å². The van der Waals surface area contributed by atoms with Crippen molar-refractivity contribution in [2.75, 3.05) is 6.54 Å². The Labute approximate surface area is 112 Å². The van der Waals surface area contributed by atoms with Gasteiger partial charge < -0.3 is 10.1 Å². The van der Waals surface area contributed by atoms with Crippen LogP contribution in [0.5, 0.6) is 0 Å². The van der Waals surface area contributed by atoms with Crippen LogP contribution < -0.4 is 5.73 Å². The molecular formula is C16H17N3. The fourth-order valence-corrected chi connectivity index (χ4v) is 2.38. The molecule has 0 unspecified atom stereocenters. The van der Waals surface area contributed by atoms with Gasteiger partial charge in [0.25, 0.3) is 0 Å². The number of nitrogens with zero attached hydrogens (tertiary/aromatic N) is 2. The standard InChI is InChI=1S/C16H17N3/c17-11-6-9-14-16(13-7-2-1-3-8-13)18-15-10-4-5-12-19(14)15/h1-5,7-8,10,12H,6,9,11,17H2. The number of hydrogen-bond donors (Lipinski definition) is 1. The van der Waals surface area contributed by atoms with Crippen molar-refractivity contribution >= 4 is 5.65 Å². The van der Waals surface area contributed by atoms with E-state index >= 15 is 0 Å². The lowest BCUT2D eigenvalue weighted by atomic mass is 10.1. The number of imidazole rings is 1. The van der Waals surface area contributed by atoms with Crippen LogP contribution >= 0.6 is 0 Å².